The van der Waals surface area contributed by atoms with Crippen LogP contribution < -0.4 is 5.84 Å². The van der Waals surface area contributed by atoms with E-state index in [-0.39, 0.29) is 5.25 Å². The van der Waals surface area contributed by atoms with Crippen LogP contribution in [-0.4, -0.2) is 14.9 Å². The van der Waals surface area contributed by atoms with Gasteiger partial charge in [-0.1, -0.05) is 45.9 Å². The lowest BCUT2D eigenvalue weighted by molar-refractivity contribution is 0.572. The van der Waals surface area contributed by atoms with Gasteiger partial charge in [-0.25, -0.2) is 13.5 Å². The molecule has 1 atom stereocenters. The van der Waals surface area contributed by atoms with Gasteiger partial charge in [0.1, 0.15) is 11.6 Å². The van der Waals surface area contributed by atoms with Gasteiger partial charge in [-0.3, -0.25) is 0 Å². The van der Waals surface area contributed by atoms with Crippen molar-refractivity contribution in [1.29, 1.82) is 0 Å². The van der Waals surface area contributed by atoms with Crippen LogP contribution >= 0.6 is 27.7 Å². The van der Waals surface area contributed by atoms with Crippen molar-refractivity contribution in [1.82, 2.24) is 14.9 Å². The predicted octanol–water partition coefficient (Wildman–Crippen LogP) is 4.55. The normalized spacial score (nSPS) is 12.3. The molecule has 0 saturated carbocycles. The van der Waals surface area contributed by atoms with Crippen molar-refractivity contribution in [2.45, 2.75) is 17.3 Å². The highest BCUT2D eigenvalue weighted by atomic mass is 79.9. The molecule has 0 radical (unpaired) electrons. The van der Waals surface area contributed by atoms with E-state index in [1.165, 1.54) is 28.6 Å². The van der Waals surface area contributed by atoms with Crippen LogP contribution in [0.1, 0.15) is 17.7 Å². The predicted molar refractivity (Wildman–Crippen MR) is 93.9 cm³/mol. The molecule has 0 bridgehead atoms. The first-order valence-corrected chi connectivity index (χ1v) is 8.71. The van der Waals surface area contributed by atoms with E-state index in [0.717, 1.165) is 16.1 Å². The Kier molecular flexibility index (Phi) is 4.86. The average Bonchev–Trinajstić information content (AvgIpc) is 2.88. The van der Waals surface area contributed by atoms with Crippen molar-refractivity contribution in [2.24, 2.45) is 0 Å². The third kappa shape index (κ3) is 3.29. The van der Waals surface area contributed by atoms with Gasteiger partial charge in [0.25, 0.3) is 0 Å². The number of thioether (sulfide) groups is 1. The SMILES string of the molecule is CC(Sc1nnc(-c2ccccc2Br)n1N)c1ccc(F)cc1F. The average molecular weight is 411 g/mol. The summed E-state index contributed by atoms with van der Waals surface area (Å²) in [5.74, 6) is 5.39. The van der Waals surface area contributed by atoms with Crippen LogP contribution in [0.5, 0.6) is 0 Å². The summed E-state index contributed by atoms with van der Waals surface area (Å²) >= 11 is 4.70. The molecule has 0 amide bonds. The summed E-state index contributed by atoms with van der Waals surface area (Å²) in [6.45, 7) is 1.80. The molecule has 1 heterocycles. The molecule has 0 saturated heterocycles. The van der Waals surface area contributed by atoms with Crippen molar-refractivity contribution in [3.8, 4) is 11.4 Å². The van der Waals surface area contributed by atoms with Crippen LogP contribution in [0, 0.1) is 11.6 Å². The third-order valence-electron chi connectivity index (χ3n) is 3.46. The Morgan fingerprint density at radius 2 is 1.92 bits per heavy atom. The lowest BCUT2D eigenvalue weighted by atomic mass is 10.1. The summed E-state index contributed by atoms with van der Waals surface area (Å²) < 4.78 is 29.1. The van der Waals surface area contributed by atoms with E-state index in [9.17, 15) is 8.78 Å². The molecule has 0 fully saturated rings. The summed E-state index contributed by atoms with van der Waals surface area (Å²) in [4.78, 5) is 0. The maximum atomic E-state index is 13.9. The van der Waals surface area contributed by atoms with Crippen LogP contribution in [0.3, 0.4) is 0 Å². The van der Waals surface area contributed by atoms with Crippen molar-refractivity contribution in [3.63, 3.8) is 0 Å². The Bertz CT molecular complexity index is 884. The molecule has 8 heteroatoms. The zero-order valence-corrected chi connectivity index (χ0v) is 15.0. The minimum atomic E-state index is -0.605. The Labute approximate surface area is 150 Å². The zero-order valence-electron chi connectivity index (χ0n) is 12.6. The van der Waals surface area contributed by atoms with E-state index in [0.29, 0.717) is 16.5 Å². The lowest BCUT2D eigenvalue weighted by Gasteiger charge is -2.12. The second kappa shape index (κ2) is 6.90. The van der Waals surface area contributed by atoms with Gasteiger partial charge in [0, 0.05) is 26.9 Å². The summed E-state index contributed by atoms with van der Waals surface area (Å²) in [6.07, 6.45) is 0. The Balaban J connectivity index is 1.88. The van der Waals surface area contributed by atoms with Crippen LogP contribution in [-0.2, 0) is 0 Å². The molecule has 1 unspecified atom stereocenters. The minimum Gasteiger partial charge on any atom is -0.335 e. The second-order valence-corrected chi connectivity index (χ2v) is 7.24. The number of nitrogens with two attached hydrogens (primary N) is 1. The smallest absolute Gasteiger partial charge is 0.210 e. The Hall–Kier alpha value is -1.93. The molecule has 24 heavy (non-hydrogen) atoms. The van der Waals surface area contributed by atoms with Gasteiger partial charge < -0.3 is 5.84 Å². The molecule has 124 valence electrons. The first-order chi connectivity index (χ1) is 11.5. The van der Waals surface area contributed by atoms with E-state index >= 15 is 0 Å². The van der Waals surface area contributed by atoms with Gasteiger partial charge in [-0.2, -0.15) is 0 Å². The van der Waals surface area contributed by atoms with Gasteiger partial charge in [0.2, 0.25) is 5.16 Å². The van der Waals surface area contributed by atoms with Gasteiger partial charge >= 0.3 is 0 Å². The molecule has 3 rings (SSSR count). The third-order valence-corrected chi connectivity index (χ3v) is 5.25. The molecule has 0 aliphatic carbocycles. The summed E-state index contributed by atoms with van der Waals surface area (Å²) in [5.41, 5.74) is 1.19. The van der Waals surface area contributed by atoms with E-state index in [4.69, 9.17) is 5.84 Å². The summed E-state index contributed by atoms with van der Waals surface area (Å²) in [7, 11) is 0. The summed E-state index contributed by atoms with van der Waals surface area (Å²) in [5, 5.41) is 8.33. The second-order valence-electron chi connectivity index (χ2n) is 5.08. The lowest BCUT2D eigenvalue weighted by Crippen LogP contribution is -2.12. The van der Waals surface area contributed by atoms with E-state index in [2.05, 4.69) is 26.1 Å². The molecule has 0 aliphatic rings. The molecule has 3 aromatic rings. The first kappa shape index (κ1) is 16.9. The number of benzene rings is 2. The molecule has 1 aromatic heterocycles. The van der Waals surface area contributed by atoms with Gasteiger partial charge in [0.05, 0.1) is 0 Å². The fraction of sp³-hybridized carbons (Fsp3) is 0.125. The first-order valence-electron chi connectivity index (χ1n) is 7.04. The zero-order chi connectivity index (χ0) is 17.3. The van der Waals surface area contributed by atoms with E-state index in [1.54, 1.807) is 6.92 Å². The molecule has 0 spiro atoms. The number of nitrogens with zero attached hydrogens (tertiary/aromatic N) is 3. The summed E-state index contributed by atoms with van der Waals surface area (Å²) in [6, 6.07) is 11.0. The number of rotatable bonds is 4. The quantitative estimate of drug-likeness (QED) is 0.506. The largest absolute Gasteiger partial charge is 0.335 e. The van der Waals surface area contributed by atoms with E-state index < -0.39 is 11.6 Å². The number of hydrogen-bond donors (Lipinski definition) is 1. The number of nitrogen functional groups attached to an aromatic ring is 1. The maximum Gasteiger partial charge on any atom is 0.210 e. The van der Waals surface area contributed by atoms with Gasteiger partial charge in [-0.05, 0) is 25.1 Å². The van der Waals surface area contributed by atoms with Crippen LogP contribution in [0.2, 0.25) is 0 Å². The van der Waals surface area contributed by atoms with Crippen molar-refractivity contribution < 1.29 is 8.78 Å². The molecule has 4 nitrogen and oxygen atoms in total. The molecular weight excluding hydrogens is 398 g/mol. The molecule has 0 aliphatic heterocycles. The monoisotopic (exact) mass is 410 g/mol. The van der Waals surface area contributed by atoms with Gasteiger partial charge in [-0.15, -0.1) is 10.2 Å². The highest BCUT2D eigenvalue weighted by Gasteiger charge is 2.19. The Morgan fingerprint density at radius 3 is 2.62 bits per heavy atom. The van der Waals surface area contributed by atoms with Gasteiger partial charge in [0.15, 0.2) is 5.82 Å². The van der Waals surface area contributed by atoms with Crippen molar-refractivity contribution in [2.75, 3.05) is 5.84 Å². The van der Waals surface area contributed by atoms with E-state index in [1.807, 2.05) is 24.3 Å². The molecule has 2 N–H and O–H groups in total. The molecule has 2 aromatic carbocycles. The fourth-order valence-corrected chi connectivity index (χ4v) is 3.62. The van der Waals surface area contributed by atoms with Crippen LogP contribution in [0.4, 0.5) is 8.78 Å². The number of hydrogen-bond acceptors (Lipinski definition) is 4. The van der Waals surface area contributed by atoms with Crippen LogP contribution in [0.25, 0.3) is 11.4 Å². The number of aromatic nitrogens is 3. The van der Waals surface area contributed by atoms with Crippen molar-refractivity contribution in [3.05, 3.63) is 64.1 Å². The van der Waals surface area contributed by atoms with Crippen molar-refractivity contribution >= 4 is 27.7 Å². The highest BCUT2D eigenvalue weighted by Crippen LogP contribution is 2.36. The minimum absolute atomic E-state index is 0.302. The topological polar surface area (TPSA) is 56.7 Å². The standard InChI is InChI=1S/C16H13BrF2N4S/c1-9(11-7-6-10(18)8-14(11)19)24-16-22-21-15(23(16)20)12-4-2-3-5-13(12)17/h2-9H,20H2,1H3. The molecular formula is C16H13BrF2N4S. The number of halogens is 3. The highest BCUT2D eigenvalue weighted by molar-refractivity contribution is 9.10. The van der Waals surface area contributed by atoms with Crippen LogP contribution in [0.15, 0.2) is 52.1 Å². The Morgan fingerprint density at radius 1 is 1.17 bits per heavy atom. The maximum absolute atomic E-state index is 13.9. The fourth-order valence-electron chi connectivity index (χ4n) is 2.24.